The van der Waals surface area contributed by atoms with Crippen molar-refractivity contribution in [2.75, 3.05) is 13.1 Å². The number of fused-ring (bicyclic) bond motifs is 3. The van der Waals surface area contributed by atoms with Crippen molar-refractivity contribution in [3.8, 4) is 0 Å². The van der Waals surface area contributed by atoms with Crippen molar-refractivity contribution in [3.63, 3.8) is 0 Å². The summed E-state index contributed by atoms with van der Waals surface area (Å²) in [4.78, 5) is 0. The molecule has 3 rings (SSSR count). The molecule has 0 aromatic heterocycles. The Morgan fingerprint density at radius 2 is 1.62 bits per heavy atom. The maximum absolute atomic E-state index is 10.5. The van der Waals surface area contributed by atoms with Gasteiger partial charge in [0.25, 0.3) is 0 Å². The van der Waals surface area contributed by atoms with Gasteiger partial charge in [-0.15, -0.1) is 0 Å². The highest BCUT2D eigenvalue weighted by Gasteiger charge is 2.13. The molecule has 2 N–H and O–H groups in total. The molecule has 0 saturated heterocycles. The van der Waals surface area contributed by atoms with E-state index in [9.17, 15) is 5.11 Å². The van der Waals surface area contributed by atoms with E-state index in [1.807, 2.05) is 12.1 Å². The minimum Gasteiger partial charge on any atom is -0.387 e. The number of aliphatic hydroxyl groups excluding tert-OH is 1. The molecule has 0 saturated carbocycles. The van der Waals surface area contributed by atoms with Crippen molar-refractivity contribution in [2.45, 2.75) is 19.4 Å². The number of hydrogen-bond acceptors (Lipinski definition) is 2. The number of rotatable bonds is 5. The molecule has 0 amide bonds. The lowest BCUT2D eigenvalue weighted by molar-refractivity contribution is 0.176. The summed E-state index contributed by atoms with van der Waals surface area (Å²) in [6.07, 6.45) is 0.594. The summed E-state index contributed by atoms with van der Waals surface area (Å²) in [7, 11) is 0. The zero-order chi connectivity index (χ0) is 14.7. The fourth-order valence-electron chi connectivity index (χ4n) is 2.88. The molecule has 1 unspecified atom stereocenters. The number of nitrogens with one attached hydrogen (secondary N) is 1. The second-order valence-electron chi connectivity index (χ2n) is 5.45. The smallest absolute Gasteiger partial charge is 0.0920 e. The fourth-order valence-corrected chi connectivity index (χ4v) is 2.88. The Kier molecular flexibility index (Phi) is 4.18. The second-order valence-corrected chi connectivity index (χ2v) is 5.45. The van der Waals surface area contributed by atoms with Crippen LogP contribution in [0.1, 0.15) is 25.0 Å². The summed E-state index contributed by atoms with van der Waals surface area (Å²) in [5.74, 6) is 0. The van der Waals surface area contributed by atoms with E-state index >= 15 is 0 Å². The molecule has 2 heteroatoms. The first-order chi connectivity index (χ1) is 10.3. The zero-order valence-electron chi connectivity index (χ0n) is 12.3. The van der Waals surface area contributed by atoms with Gasteiger partial charge in [0.05, 0.1) is 6.10 Å². The van der Waals surface area contributed by atoms with Gasteiger partial charge in [0.15, 0.2) is 0 Å². The third-order valence-corrected chi connectivity index (χ3v) is 3.92. The molecule has 0 spiro atoms. The molecule has 0 bridgehead atoms. The van der Waals surface area contributed by atoms with E-state index in [1.54, 1.807) is 0 Å². The predicted octanol–water partition coefficient (Wildman–Crippen LogP) is 4.03. The molecular weight excluding hydrogens is 258 g/mol. The topological polar surface area (TPSA) is 32.3 Å². The van der Waals surface area contributed by atoms with Crippen molar-refractivity contribution >= 4 is 21.5 Å². The Morgan fingerprint density at radius 3 is 2.38 bits per heavy atom. The van der Waals surface area contributed by atoms with Crippen molar-refractivity contribution < 1.29 is 5.11 Å². The van der Waals surface area contributed by atoms with E-state index in [-0.39, 0.29) is 0 Å². The molecule has 0 radical (unpaired) electrons. The van der Waals surface area contributed by atoms with Crippen LogP contribution in [0.5, 0.6) is 0 Å². The highest BCUT2D eigenvalue weighted by Crippen LogP contribution is 2.31. The van der Waals surface area contributed by atoms with Crippen molar-refractivity contribution in [1.82, 2.24) is 5.32 Å². The van der Waals surface area contributed by atoms with Gasteiger partial charge in [-0.05, 0) is 46.1 Å². The SMILES string of the molecule is CCCNCC(O)c1cc2ccccc2c2ccccc12. The highest BCUT2D eigenvalue weighted by atomic mass is 16.3. The molecule has 3 aromatic carbocycles. The Bertz CT molecular complexity index is 751. The first kappa shape index (κ1) is 14.1. The zero-order valence-corrected chi connectivity index (χ0v) is 12.3. The van der Waals surface area contributed by atoms with Crippen LogP contribution in [0.15, 0.2) is 54.6 Å². The van der Waals surface area contributed by atoms with Gasteiger partial charge in [0.1, 0.15) is 0 Å². The van der Waals surface area contributed by atoms with E-state index in [0.717, 1.165) is 23.9 Å². The maximum atomic E-state index is 10.5. The predicted molar refractivity (Wildman–Crippen MR) is 89.6 cm³/mol. The molecule has 0 aliphatic rings. The van der Waals surface area contributed by atoms with Crippen LogP contribution in [0.25, 0.3) is 21.5 Å². The summed E-state index contributed by atoms with van der Waals surface area (Å²) in [6, 6.07) is 18.8. The van der Waals surface area contributed by atoms with E-state index in [2.05, 4.69) is 54.7 Å². The van der Waals surface area contributed by atoms with Gasteiger partial charge in [-0.2, -0.15) is 0 Å². The van der Waals surface area contributed by atoms with Crippen molar-refractivity contribution in [1.29, 1.82) is 0 Å². The lowest BCUT2D eigenvalue weighted by Crippen LogP contribution is -2.22. The molecule has 0 aliphatic heterocycles. The molecular formula is C19H21NO. The summed E-state index contributed by atoms with van der Waals surface area (Å²) in [5.41, 5.74) is 1.01. The van der Waals surface area contributed by atoms with Gasteiger partial charge in [-0.1, -0.05) is 55.5 Å². The van der Waals surface area contributed by atoms with E-state index in [1.165, 1.54) is 16.2 Å². The Hall–Kier alpha value is -1.90. The molecule has 0 heterocycles. The number of benzene rings is 3. The minimum atomic E-state index is -0.481. The van der Waals surface area contributed by atoms with Gasteiger partial charge >= 0.3 is 0 Å². The number of hydrogen-bond donors (Lipinski definition) is 2. The van der Waals surface area contributed by atoms with Crippen LogP contribution in [0.3, 0.4) is 0 Å². The second kappa shape index (κ2) is 6.25. The van der Waals surface area contributed by atoms with Crippen LogP contribution in [0, 0.1) is 0 Å². The first-order valence-electron chi connectivity index (χ1n) is 7.60. The van der Waals surface area contributed by atoms with Crippen molar-refractivity contribution in [2.24, 2.45) is 0 Å². The number of aliphatic hydroxyl groups is 1. The third kappa shape index (κ3) is 2.78. The summed E-state index contributed by atoms with van der Waals surface area (Å²) in [5, 5.41) is 18.6. The summed E-state index contributed by atoms with van der Waals surface area (Å²) in [6.45, 7) is 3.66. The highest BCUT2D eigenvalue weighted by molar-refractivity contribution is 6.09. The first-order valence-corrected chi connectivity index (χ1v) is 7.60. The molecule has 1 atom stereocenters. The lowest BCUT2D eigenvalue weighted by Gasteiger charge is -2.16. The fraction of sp³-hybridized carbons (Fsp3) is 0.263. The largest absolute Gasteiger partial charge is 0.387 e. The summed E-state index contributed by atoms with van der Waals surface area (Å²) >= 11 is 0. The Morgan fingerprint density at radius 1 is 0.952 bits per heavy atom. The van der Waals surface area contributed by atoms with Crippen LogP contribution in [-0.2, 0) is 0 Å². The van der Waals surface area contributed by atoms with Gasteiger partial charge < -0.3 is 10.4 Å². The molecule has 2 nitrogen and oxygen atoms in total. The lowest BCUT2D eigenvalue weighted by atomic mass is 9.94. The van der Waals surface area contributed by atoms with Crippen LogP contribution in [0.2, 0.25) is 0 Å². The van der Waals surface area contributed by atoms with Crippen LogP contribution in [0.4, 0.5) is 0 Å². The van der Waals surface area contributed by atoms with Crippen molar-refractivity contribution in [3.05, 3.63) is 60.2 Å². The Balaban J connectivity index is 2.11. The van der Waals surface area contributed by atoms with E-state index in [0.29, 0.717) is 6.54 Å². The molecule has 0 aliphatic carbocycles. The monoisotopic (exact) mass is 279 g/mol. The molecule has 0 fully saturated rings. The van der Waals surface area contributed by atoms with Gasteiger partial charge in [-0.25, -0.2) is 0 Å². The van der Waals surface area contributed by atoms with Crippen LogP contribution in [-0.4, -0.2) is 18.2 Å². The maximum Gasteiger partial charge on any atom is 0.0920 e. The summed E-state index contributed by atoms with van der Waals surface area (Å²) < 4.78 is 0. The average molecular weight is 279 g/mol. The third-order valence-electron chi connectivity index (χ3n) is 3.92. The quantitative estimate of drug-likeness (QED) is 0.546. The molecule has 21 heavy (non-hydrogen) atoms. The van der Waals surface area contributed by atoms with E-state index in [4.69, 9.17) is 0 Å². The van der Waals surface area contributed by atoms with Crippen LogP contribution >= 0.6 is 0 Å². The van der Waals surface area contributed by atoms with Gasteiger partial charge in [0.2, 0.25) is 0 Å². The standard InChI is InChI=1S/C19H21NO/c1-2-11-20-13-19(21)18-12-14-7-3-4-8-15(14)16-9-5-6-10-17(16)18/h3-10,12,19-21H,2,11,13H2,1H3. The van der Waals surface area contributed by atoms with E-state index < -0.39 is 6.10 Å². The molecule has 108 valence electrons. The Labute approximate surface area is 125 Å². The molecule has 3 aromatic rings. The van der Waals surface area contributed by atoms with Gasteiger partial charge in [0, 0.05) is 6.54 Å². The normalized spacial score (nSPS) is 12.9. The van der Waals surface area contributed by atoms with Crippen LogP contribution < -0.4 is 5.32 Å². The van der Waals surface area contributed by atoms with Gasteiger partial charge in [-0.3, -0.25) is 0 Å². The average Bonchev–Trinajstić information content (AvgIpc) is 2.54. The minimum absolute atomic E-state index is 0.481.